The summed E-state index contributed by atoms with van der Waals surface area (Å²) >= 11 is 3.51. The zero-order chi connectivity index (χ0) is 17.4. The van der Waals surface area contributed by atoms with Crippen molar-refractivity contribution in [3.8, 4) is 22.5 Å². The fourth-order valence-corrected chi connectivity index (χ4v) is 3.53. The van der Waals surface area contributed by atoms with Crippen LogP contribution in [-0.2, 0) is 12.4 Å². The quantitative estimate of drug-likeness (QED) is 0.470. The van der Waals surface area contributed by atoms with Crippen molar-refractivity contribution >= 4 is 26.9 Å². The Balaban J connectivity index is 2.00. The number of nitrogens with zero attached hydrogens (tertiary/aromatic N) is 2. The Morgan fingerprint density at radius 1 is 1.08 bits per heavy atom. The summed E-state index contributed by atoms with van der Waals surface area (Å²) in [6.45, 7) is 0. The molecule has 5 heteroatoms. The van der Waals surface area contributed by atoms with Crippen LogP contribution in [0.5, 0.6) is 0 Å². The van der Waals surface area contributed by atoms with Crippen molar-refractivity contribution in [1.29, 1.82) is 0 Å². The first kappa shape index (κ1) is 15.8. The average Bonchev–Trinajstić information content (AvgIpc) is 3.09. The first-order valence-corrected chi connectivity index (χ1v) is 9.02. The fourth-order valence-electron chi connectivity index (χ4n) is 3.04. The summed E-state index contributed by atoms with van der Waals surface area (Å²) in [5.41, 5.74) is 4.75. The van der Waals surface area contributed by atoms with Gasteiger partial charge in [-0.05, 0) is 5.56 Å². The lowest BCUT2D eigenvalue weighted by atomic mass is 10.0. The number of alkyl halides is 1. The van der Waals surface area contributed by atoms with Gasteiger partial charge in [-0.25, -0.2) is 0 Å². The Morgan fingerprint density at radius 3 is 2.56 bits per heavy atom. The van der Waals surface area contributed by atoms with E-state index in [1.165, 1.54) is 0 Å². The van der Waals surface area contributed by atoms with Crippen LogP contribution in [0.15, 0.2) is 70.0 Å². The Hall–Kier alpha value is -2.66. The lowest BCUT2D eigenvalue weighted by Crippen LogP contribution is -2.18. The average molecular weight is 395 g/mol. The largest absolute Gasteiger partial charge is 0.355 e. The predicted molar refractivity (Wildman–Crippen MR) is 103 cm³/mol. The van der Waals surface area contributed by atoms with Crippen LogP contribution in [0, 0.1) is 0 Å². The van der Waals surface area contributed by atoms with Crippen LogP contribution < -0.4 is 5.56 Å². The van der Waals surface area contributed by atoms with Gasteiger partial charge in [0, 0.05) is 29.6 Å². The highest BCUT2D eigenvalue weighted by atomic mass is 79.9. The molecule has 2 heterocycles. The van der Waals surface area contributed by atoms with Gasteiger partial charge >= 0.3 is 0 Å². The van der Waals surface area contributed by atoms with Crippen LogP contribution in [0.2, 0.25) is 0 Å². The van der Waals surface area contributed by atoms with E-state index in [1.807, 2.05) is 60.7 Å². The minimum atomic E-state index is -0.114. The van der Waals surface area contributed by atoms with Gasteiger partial charge in [-0.3, -0.25) is 4.79 Å². The van der Waals surface area contributed by atoms with E-state index in [2.05, 4.69) is 21.1 Å². The minimum absolute atomic E-state index is 0.114. The maximum atomic E-state index is 13.0. The lowest BCUT2D eigenvalue weighted by molar-refractivity contribution is 0.459. The van der Waals surface area contributed by atoms with Crippen LogP contribution in [0.4, 0.5) is 0 Å². The molecule has 0 aliphatic carbocycles. The van der Waals surface area contributed by atoms with Crippen molar-refractivity contribution in [1.82, 2.24) is 9.72 Å². The molecule has 0 saturated carbocycles. The van der Waals surface area contributed by atoms with Crippen molar-refractivity contribution in [2.24, 2.45) is 7.05 Å². The molecule has 0 aliphatic rings. The topological polar surface area (TPSA) is 48.0 Å². The highest BCUT2D eigenvalue weighted by molar-refractivity contribution is 9.08. The van der Waals surface area contributed by atoms with E-state index in [4.69, 9.17) is 4.52 Å². The smallest absolute Gasteiger partial charge is 0.264 e. The van der Waals surface area contributed by atoms with E-state index in [0.29, 0.717) is 22.0 Å². The molecule has 0 aliphatic heterocycles. The van der Waals surface area contributed by atoms with Crippen LogP contribution >= 0.6 is 15.9 Å². The molecule has 4 nitrogen and oxygen atoms in total. The molecule has 0 N–H and O–H groups in total. The standard InChI is InChI=1S/C20H15BrN2O2/c1-23-16(15-10-6-5-9-14(15)12-21)11-17-18(20(23)24)19(22-25-17)13-7-3-2-4-8-13/h2-11H,12H2,1H3. The summed E-state index contributed by atoms with van der Waals surface area (Å²) in [6, 6.07) is 19.5. The van der Waals surface area contributed by atoms with E-state index in [1.54, 1.807) is 11.6 Å². The Labute approximate surface area is 152 Å². The summed E-state index contributed by atoms with van der Waals surface area (Å²) in [5.74, 6) is 0. The normalized spacial score (nSPS) is 11.1. The fraction of sp³-hybridized carbons (Fsp3) is 0.100. The first-order chi connectivity index (χ1) is 12.2. The molecule has 25 heavy (non-hydrogen) atoms. The van der Waals surface area contributed by atoms with Crippen LogP contribution in [0.25, 0.3) is 33.5 Å². The Bertz CT molecular complexity index is 1110. The molecule has 0 saturated heterocycles. The molecular weight excluding hydrogens is 380 g/mol. The second-order valence-electron chi connectivity index (χ2n) is 5.82. The van der Waals surface area contributed by atoms with Gasteiger partial charge in [0.2, 0.25) is 0 Å². The zero-order valence-corrected chi connectivity index (χ0v) is 15.2. The number of hydrogen-bond acceptors (Lipinski definition) is 3. The number of pyridine rings is 1. The summed E-state index contributed by atoms with van der Waals surface area (Å²) in [7, 11) is 1.78. The molecule has 2 aromatic carbocycles. The van der Waals surface area contributed by atoms with E-state index in [0.717, 1.165) is 22.4 Å². The monoisotopic (exact) mass is 394 g/mol. The van der Waals surface area contributed by atoms with E-state index >= 15 is 0 Å². The third kappa shape index (κ3) is 2.61. The highest BCUT2D eigenvalue weighted by Gasteiger charge is 2.18. The number of fused-ring (bicyclic) bond motifs is 1. The van der Waals surface area contributed by atoms with E-state index in [-0.39, 0.29) is 5.56 Å². The summed E-state index contributed by atoms with van der Waals surface area (Å²) in [5, 5.41) is 5.36. The molecule has 0 bridgehead atoms. The number of rotatable bonds is 3. The molecule has 2 aromatic heterocycles. The molecular formula is C20H15BrN2O2. The van der Waals surface area contributed by atoms with Crippen molar-refractivity contribution in [2.45, 2.75) is 5.33 Å². The van der Waals surface area contributed by atoms with Crippen LogP contribution in [-0.4, -0.2) is 9.72 Å². The summed E-state index contributed by atoms with van der Waals surface area (Å²) in [6.07, 6.45) is 0. The number of benzene rings is 2. The highest BCUT2D eigenvalue weighted by Crippen LogP contribution is 2.30. The third-order valence-electron chi connectivity index (χ3n) is 4.35. The molecule has 4 rings (SSSR count). The van der Waals surface area contributed by atoms with Gasteiger partial charge in [0.1, 0.15) is 11.1 Å². The second-order valence-corrected chi connectivity index (χ2v) is 6.38. The number of hydrogen-bond donors (Lipinski definition) is 0. The van der Waals surface area contributed by atoms with Gasteiger partial charge in [0.05, 0.1) is 5.69 Å². The van der Waals surface area contributed by atoms with Gasteiger partial charge in [-0.2, -0.15) is 0 Å². The van der Waals surface area contributed by atoms with Crippen LogP contribution in [0.3, 0.4) is 0 Å². The molecule has 0 atom stereocenters. The van der Waals surface area contributed by atoms with Crippen molar-refractivity contribution in [3.05, 3.63) is 76.6 Å². The van der Waals surface area contributed by atoms with Gasteiger partial charge in [0.15, 0.2) is 5.58 Å². The second kappa shape index (κ2) is 6.33. The molecule has 4 aromatic rings. The number of aromatic nitrogens is 2. The maximum absolute atomic E-state index is 13.0. The van der Waals surface area contributed by atoms with Gasteiger partial charge in [0.25, 0.3) is 5.56 Å². The maximum Gasteiger partial charge on any atom is 0.264 e. The van der Waals surface area contributed by atoms with E-state index < -0.39 is 0 Å². The summed E-state index contributed by atoms with van der Waals surface area (Å²) < 4.78 is 7.16. The Kier molecular flexibility index (Phi) is 4.01. The molecule has 0 amide bonds. The summed E-state index contributed by atoms with van der Waals surface area (Å²) in [4.78, 5) is 13.0. The van der Waals surface area contributed by atoms with Gasteiger partial charge < -0.3 is 9.09 Å². The van der Waals surface area contributed by atoms with Gasteiger partial charge in [-0.1, -0.05) is 75.7 Å². The van der Waals surface area contributed by atoms with Gasteiger partial charge in [-0.15, -0.1) is 0 Å². The van der Waals surface area contributed by atoms with E-state index in [9.17, 15) is 4.79 Å². The predicted octanol–water partition coefficient (Wildman–Crippen LogP) is 4.76. The lowest BCUT2D eigenvalue weighted by Gasteiger charge is -2.11. The van der Waals surface area contributed by atoms with Crippen molar-refractivity contribution < 1.29 is 4.52 Å². The minimum Gasteiger partial charge on any atom is -0.355 e. The molecule has 0 fully saturated rings. The Morgan fingerprint density at radius 2 is 1.80 bits per heavy atom. The molecule has 0 radical (unpaired) electrons. The van der Waals surface area contributed by atoms with Crippen molar-refractivity contribution in [3.63, 3.8) is 0 Å². The molecule has 0 spiro atoms. The first-order valence-electron chi connectivity index (χ1n) is 7.90. The zero-order valence-electron chi connectivity index (χ0n) is 13.6. The van der Waals surface area contributed by atoms with Crippen LogP contribution in [0.1, 0.15) is 5.56 Å². The SMILES string of the molecule is Cn1c(-c2ccccc2CBr)cc2onc(-c3ccccc3)c2c1=O. The third-order valence-corrected chi connectivity index (χ3v) is 4.95. The number of halogens is 1. The molecule has 124 valence electrons. The molecule has 0 unspecified atom stereocenters. The van der Waals surface area contributed by atoms with Crippen molar-refractivity contribution in [2.75, 3.05) is 0 Å².